The molecule has 0 saturated heterocycles. The third-order valence-electron chi connectivity index (χ3n) is 1.92. The molecule has 0 aliphatic rings. The third-order valence-corrected chi connectivity index (χ3v) is 3.88. The zero-order valence-electron chi connectivity index (χ0n) is 9.64. The van der Waals surface area contributed by atoms with Crippen molar-refractivity contribution >= 4 is 23.5 Å². The minimum absolute atomic E-state index is 1.28. The number of benzene rings is 1. The van der Waals surface area contributed by atoms with Crippen molar-refractivity contribution in [2.24, 2.45) is 0 Å². The van der Waals surface area contributed by atoms with Crippen LogP contribution in [-0.4, -0.2) is 6.26 Å². The summed E-state index contributed by atoms with van der Waals surface area (Å²) in [7, 11) is 0. The summed E-state index contributed by atoms with van der Waals surface area (Å²) in [5.74, 6) is 0. The largest absolute Gasteiger partial charge is 0.128 e. The second kappa shape index (κ2) is 7.42. The second-order valence-corrected chi connectivity index (χ2v) is 5.29. The highest BCUT2D eigenvalue weighted by Crippen LogP contribution is 2.33. The zero-order valence-corrected chi connectivity index (χ0v) is 11.3. The molecule has 84 valence electrons. The fourth-order valence-electron chi connectivity index (χ4n) is 1.18. The summed E-state index contributed by atoms with van der Waals surface area (Å²) in [6.07, 6.45) is 9.94. The van der Waals surface area contributed by atoms with Crippen LogP contribution in [0.25, 0.3) is 0 Å². The predicted octanol–water partition coefficient (Wildman–Crippen LogP) is 5.15. The van der Waals surface area contributed by atoms with Crippen LogP contribution >= 0.6 is 23.5 Å². The Balaban J connectivity index is 2.76. The maximum atomic E-state index is 3.64. The molecule has 0 unspecified atom stereocenters. The van der Waals surface area contributed by atoms with Gasteiger partial charge in [-0.2, -0.15) is 0 Å². The van der Waals surface area contributed by atoms with E-state index in [2.05, 4.69) is 50.1 Å². The van der Waals surface area contributed by atoms with E-state index in [1.54, 1.807) is 29.6 Å². The normalized spacial score (nSPS) is 12.0. The Bertz CT molecular complexity index is 403. The van der Waals surface area contributed by atoms with Crippen molar-refractivity contribution in [3.63, 3.8) is 0 Å². The lowest BCUT2D eigenvalue weighted by atomic mass is 10.4. The lowest BCUT2D eigenvalue weighted by Gasteiger charge is -2.05. The maximum absolute atomic E-state index is 3.64. The Kier molecular flexibility index (Phi) is 6.12. The first-order valence-corrected chi connectivity index (χ1v) is 7.09. The number of hydrogen-bond donors (Lipinski definition) is 0. The van der Waals surface area contributed by atoms with Gasteiger partial charge >= 0.3 is 0 Å². The first-order valence-electron chi connectivity index (χ1n) is 5.04. The highest BCUT2D eigenvalue weighted by molar-refractivity contribution is 8.04. The Morgan fingerprint density at radius 3 is 2.50 bits per heavy atom. The molecule has 0 nitrogen and oxygen atoms in total. The lowest BCUT2D eigenvalue weighted by Crippen LogP contribution is -1.77. The molecule has 0 atom stereocenters. The van der Waals surface area contributed by atoms with E-state index in [9.17, 15) is 0 Å². The molecule has 1 rings (SSSR count). The molecule has 0 radical (unpaired) electrons. The molecule has 0 saturated carbocycles. The molecule has 0 aliphatic carbocycles. The van der Waals surface area contributed by atoms with Crippen LogP contribution in [-0.2, 0) is 0 Å². The van der Waals surface area contributed by atoms with Gasteiger partial charge in [0.2, 0.25) is 0 Å². The molecule has 0 spiro atoms. The minimum Gasteiger partial charge on any atom is -0.128 e. The molecule has 0 aliphatic heterocycles. The van der Waals surface area contributed by atoms with Gasteiger partial charge in [0, 0.05) is 9.79 Å². The predicted molar refractivity (Wildman–Crippen MR) is 77.2 cm³/mol. The molecule has 0 aromatic heterocycles. The molecule has 0 heterocycles. The number of hydrogen-bond acceptors (Lipinski definition) is 2. The second-order valence-electron chi connectivity index (χ2n) is 3.15. The molecule has 2 heteroatoms. The summed E-state index contributed by atoms with van der Waals surface area (Å²) in [6, 6.07) is 8.46. The topological polar surface area (TPSA) is 0 Å². The van der Waals surface area contributed by atoms with E-state index in [0.717, 1.165) is 0 Å². The van der Waals surface area contributed by atoms with Crippen LogP contribution in [0.1, 0.15) is 6.92 Å². The van der Waals surface area contributed by atoms with Crippen LogP contribution in [0, 0.1) is 0 Å². The third kappa shape index (κ3) is 4.33. The molecular formula is C14H16S2. The Labute approximate surface area is 107 Å². The van der Waals surface area contributed by atoms with Crippen molar-refractivity contribution in [2.45, 2.75) is 16.7 Å². The van der Waals surface area contributed by atoms with Crippen LogP contribution < -0.4 is 0 Å². The van der Waals surface area contributed by atoms with Crippen molar-refractivity contribution in [3.8, 4) is 0 Å². The van der Waals surface area contributed by atoms with E-state index in [0.29, 0.717) is 0 Å². The highest BCUT2D eigenvalue weighted by atomic mass is 32.2. The van der Waals surface area contributed by atoms with Gasteiger partial charge in [-0.1, -0.05) is 54.8 Å². The number of allylic oxidation sites excluding steroid dienone is 5. The lowest BCUT2D eigenvalue weighted by molar-refractivity contribution is 1.25. The van der Waals surface area contributed by atoms with Crippen molar-refractivity contribution in [1.82, 2.24) is 0 Å². The van der Waals surface area contributed by atoms with Crippen molar-refractivity contribution in [3.05, 3.63) is 60.1 Å². The highest BCUT2D eigenvalue weighted by Gasteiger charge is 2.01. The van der Waals surface area contributed by atoms with Crippen LogP contribution in [0.2, 0.25) is 0 Å². The van der Waals surface area contributed by atoms with Gasteiger partial charge in [-0.3, -0.25) is 0 Å². The summed E-state index contributed by atoms with van der Waals surface area (Å²) in [4.78, 5) is 3.92. The van der Waals surface area contributed by atoms with Crippen LogP contribution in [0.4, 0.5) is 0 Å². The van der Waals surface area contributed by atoms with Gasteiger partial charge in [0.25, 0.3) is 0 Å². The SMILES string of the molecule is C=C/C=C\C=C(/C)Sc1ccccc1SC. The minimum atomic E-state index is 1.28. The fourth-order valence-corrected chi connectivity index (χ4v) is 2.85. The summed E-state index contributed by atoms with van der Waals surface area (Å²) in [6.45, 7) is 5.76. The van der Waals surface area contributed by atoms with Crippen LogP contribution in [0.3, 0.4) is 0 Å². The van der Waals surface area contributed by atoms with E-state index in [4.69, 9.17) is 0 Å². The summed E-state index contributed by atoms with van der Waals surface area (Å²) >= 11 is 3.58. The summed E-state index contributed by atoms with van der Waals surface area (Å²) in [5.41, 5.74) is 0. The maximum Gasteiger partial charge on any atom is 0.0254 e. The monoisotopic (exact) mass is 248 g/mol. The summed E-state index contributed by atoms with van der Waals surface area (Å²) in [5, 5.41) is 0. The smallest absolute Gasteiger partial charge is 0.0254 e. The van der Waals surface area contributed by atoms with Gasteiger partial charge in [0.05, 0.1) is 0 Å². The average molecular weight is 248 g/mol. The van der Waals surface area contributed by atoms with Gasteiger partial charge < -0.3 is 0 Å². The van der Waals surface area contributed by atoms with E-state index < -0.39 is 0 Å². The van der Waals surface area contributed by atoms with E-state index in [1.165, 1.54) is 14.7 Å². The van der Waals surface area contributed by atoms with E-state index in [1.807, 2.05) is 12.2 Å². The van der Waals surface area contributed by atoms with Gasteiger partial charge in [0.15, 0.2) is 0 Å². The van der Waals surface area contributed by atoms with Crippen molar-refractivity contribution < 1.29 is 0 Å². The van der Waals surface area contributed by atoms with Gasteiger partial charge in [-0.05, 0) is 30.2 Å². The van der Waals surface area contributed by atoms with Crippen LogP contribution in [0.5, 0.6) is 0 Å². The first kappa shape index (κ1) is 13.2. The fraction of sp³-hybridized carbons (Fsp3) is 0.143. The molecular weight excluding hydrogens is 232 g/mol. The Hall–Kier alpha value is -0.860. The Morgan fingerprint density at radius 1 is 1.19 bits per heavy atom. The van der Waals surface area contributed by atoms with Gasteiger partial charge in [-0.25, -0.2) is 0 Å². The standard InChI is InChI=1S/C14H16S2/c1-4-5-6-9-12(2)16-14-11-8-7-10-13(14)15-3/h4-11H,1H2,2-3H3/b6-5-,12-9+. The summed E-state index contributed by atoms with van der Waals surface area (Å²) < 4.78 is 0. The van der Waals surface area contributed by atoms with E-state index in [-0.39, 0.29) is 0 Å². The van der Waals surface area contributed by atoms with Crippen LogP contribution in [0.15, 0.2) is 69.8 Å². The average Bonchev–Trinajstić information content (AvgIpc) is 2.30. The number of thioether (sulfide) groups is 2. The van der Waals surface area contributed by atoms with Gasteiger partial charge in [0.1, 0.15) is 0 Å². The molecule has 0 bridgehead atoms. The molecule has 0 amide bonds. The zero-order chi connectivity index (χ0) is 11.8. The van der Waals surface area contributed by atoms with Crippen molar-refractivity contribution in [1.29, 1.82) is 0 Å². The van der Waals surface area contributed by atoms with Crippen molar-refractivity contribution in [2.75, 3.05) is 6.26 Å². The molecule has 0 fully saturated rings. The Morgan fingerprint density at radius 2 is 1.88 bits per heavy atom. The molecule has 0 N–H and O–H groups in total. The first-order chi connectivity index (χ1) is 7.77. The quantitative estimate of drug-likeness (QED) is 0.522. The number of rotatable bonds is 5. The molecule has 1 aromatic carbocycles. The van der Waals surface area contributed by atoms with Gasteiger partial charge in [-0.15, -0.1) is 11.8 Å². The van der Waals surface area contributed by atoms with E-state index >= 15 is 0 Å². The molecule has 1 aromatic rings. The molecule has 16 heavy (non-hydrogen) atoms.